The fourth-order valence-electron chi connectivity index (χ4n) is 2.18. The summed E-state index contributed by atoms with van der Waals surface area (Å²) >= 11 is 7.64. The molecule has 2 N–H and O–H groups in total. The molecule has 19 heavy (non-hydrogen) atoms. The Bertz CT molecular complexity index is 554. The Balaban J connectivity index is 1.63. The van der Waals surface area contributed by atoms with Crippen molar-refractivity contribution in [2.24, 2.45) is 0 Å². The number of benzene rings is 1. The molecule has 0 radical (unpaired) electrons. The summed E-state index contributed by atoms with van der Waals surface area (Å²) in [5.41, 5.74) is 1.08. The average Bonchev–Trinajstić information content (AvgIpc) is 3.09. The van der Waals surface area contributed by atoms with Gasteiger partial charge in [0.1, 0.15) is 0 Å². The van der Waals surface area contributed by atoms with Crippen LogP contribution in [0.4, 0.5) is 0 Å². The van der Waals surface area contributed by atoms with Crippen molar-refractivity contribution in [1.29, 1.82) is 0 Å². The van der Waals surface area contributed by atoms with Gasteiger partial charge >= 0.3 is 0 Å². The third kappa shape index (κ3) is 3.11. The van der Waals surface area contributed by atoms with Crippen LogP contribution in [-0.4, -0.2) is 16.7 Å². The maximum absolute atomic E-state index is 6.11. The molecule has 1 aliphatic rings. The van der Waals surface area contributed by atoms with Gasteiger partial charge in [0.2, 0.25) is 0 Å². The number of thioether (sulfide) groups is 1. The van der Waals surface area contributed by atoms with Gasteiger partial charge in [-0.1, -0.05) is 41.6 Å². The molecule has 100 valence electrons. The maximum Gasteiger partial charge on any atom is 0.277 e. The summed E-state index contributed by atoms with van der Waals surface area (Å²) in [5, 5.41) is 11.9. The fourth-order valence-corrected chi connectivity index (χ4v) is 3.24. The van der Waals surface area contributed by atoms with Crippen LogP contribution in [0.5, 0.6) is 0 Å². The number of quaternary nitrogens is 1. The van der Waals surface area contributed by atoms with E-state index in [0.717, 1.165) is 35.2 Å². The third-order valence-corrected chi connectivity index (χ3v) is 4.45. The van der Waals surface area contributed by atoms with Crippen LogP contribution < -0.4 is 5.32 Å². The minimum absolute atomic E-state index is 0.349. The zero-order valence-electron chi connectivity index (χ0n) is 10.4. The summed E-state index contributed by atoms with van der Waals surface area (Å²) in [6.07, 6.45) is 2.34. The van der Waals surface area contributed by atoms with Gasteiger partial charge in [-0.05, 0) is 11.6 Å². The first-order valence-corrected chi connectivity index (χ1v) is 7.72. The van der Waals surface area contributed by atoms with Crippen molar-refractivity contribution in [3.8, 4) is 0 Å². The van der Waals surface area contributed by atoms with Crippen molar-refractivity contribution < 1.29 is 9.73 Å². The Labute approximate surface area is 120 Å². The summed E-state index contributed by atoms with van der Waals surface area (Å²) in [4.78, 5) is 0. The highest BCUT2D eigenvalue weighted by atomic mass is 35.5. The number of hydrogen-bond donors (Lipinski definition) is 1. The van der Waals surface area contributed by atoms with E-state index in [1.165, 1.54) is 18.2 Å². The summed E-state index contributed by atoms with van der Waals surface area (Å²) in [6.45, 7) is 1.15. The smallest absolute Gasteiger partial charge is 0.277 e. The van der Waals surface area contributed by atoms with E-state index < -0.39 is 0 Å². The number of halogens is 1. The Hall–Kier alpha value is -1.04. The zero-order chi connectivity index (χ0) is 13.1. The Morgan fingerprint density at radius 3 is 3.05 bits per heavy atom. The highest BCUT2D eigenvalue weighted by Gasteiger charge is 2.26. The van der Waals surface area contributed by atoms with E-state index in [1.807, 2.05) is 24.3 Å². The normalized spacial score (nSPS) is 18.9. The fraction of sp³-hybridized carbons (Fsp3) is 0.385. The predicted molar refractivity (Wildman–Crippen MR) is 74.1 cm³/mol. The van der Waals surface area contributed by atoms with Crippen LogP contribution in [-0.2, 0) is 5.75 Å². The molecule has 2 aromatic rings. The van der Waals surface area contributed by atoms with Crippen molar-refractivity contribution in [3.63, 3.8) is 0 Å². The molecule has 0 unspecified atom stereocenters. The number of hydrogen-bond acceptors (Lipinski definition) is 4. The van der Waals surface area contributed by atoms with Crippen molar-refractivity contribution in [2.75, 3.05) is 6.54 Å². The summed E-state index contributed by atoms with van der Waals surface area (Å²) in [7, 11) is 0. The minimum atomic E-state index is 0.349. The number of aromatic nitrogens is 2. The van der Waals surface area contributed by atoms with E-state index in [-0.39, 0.29) is 0 Å². The van der Waals surface area contributed by atoms with Gasteiger partial charge in [-0.25, -0.2) is 0 Å². The zero-order valence-corrected chi connectivity index (χ0v) is 12.0. The molecule has 6 heteroatoms. The molecule has 1 aromatic carbocycles. The summed E-state index contributed by atoms with van der Waals surface area (Å²) in [5.74, 6) is 1.49. The average molecular weight is 297 g/mol. The lowest BCUT2D eigenvalue weighted by Crippen LogP contribution is -2.81. The van der Waals surface area contributed by atoms with Gasteiger partial charge in [-0.15, -0.1) is 10.2 Å². The molecule has 0 spiro atoms. The second kappa shape index (κ2) is 5.94. The molecular weight excluding hydrogens is 282 g/mol. The maximum atomic E-state index is 6.11. The Morgan fingerprint density at radius 1 is 1.37 bits per heavy atom. The Kier molecular flexibility index (Phi) is 4.06. The van der Waals surface area contributed by atoms with Gasteiger partial charge in [-0.3, -0.25) is 0 Å². The molecule has 1 atom stereocenters. The topological polar surface area (TPSA) is 55.5 Å². The van der Waals surface area contributed by atoms with Crippen LogP contribution in [0.15, 0.2) is 33.9 Å². The first kappa shape index (κ1) is 13.0. The van der Waals surface area contributed by atoms with E-state index in [1.54, 1.807) is 0 Å². The highest BCUT2D eigenvalue weighted by Crippen LogP contribution is 2.27. The number of nitrogens with two attached hydrogens (primary N) is 1. The van der Waals surface area contributed by atoms with Gasteiger partial charge in [0.25, 0.3) is 11.1 Å². The molecule has 0 amide bonds. The second-order valence-electron chi connectivity index (χ2n) is 4.56. The van der Waals surface area contributed by atoms with Crippen LogP contribution in [0.3, 0.4) is 0 Å². The lowest BCUT2D eigenvalue weighted by Gasteiger charge is -2.01. The first-order chi connectivity index (χ1) is 9.33. The second-order valence-corrected chi connectivity index (χ2v) is 5.89. The van der Waals surface area contributed by atoms with Crippen LogP contribution in [0.1, 0.15) is 30.3 Å². The van der Waals surface area contributed by atoms with Gasteiger partial charge in [0, 0.05) is 23.6 Å². The van der Waals surface area contributed by atoms with E-state index in [9.17, 15) is 0 Å². The highest BCUT2D eigenvalue weighted by molar-refractivity contribution is 7.98. The SMILES string of the molecule is Clc1ccccc1CSc1nnc([C@H]2CCC[NH2+]2)o1. The molecule has 4 nitrogen and oxygen atoms in total. The molecule has 1 fully saturated rings. The predicted octanol–water partition coefficient (Wildman–Crippen LogP) is 2.41. The quantitative estimate of drug-likeness (QED) is 0.880. The molecule has 1 saturated heterocycles. The molecule has 0 bridgehead atoms. The standard InChI is InChI=1S/C13H14ClN3OS/c14-10-5-2-1-4-9(10)8-19-13-17-16-12(18-13)11-6-3-7-15-11/h1-2,4-5,11,15H,3,6-8H2/p+1/t11-/m1/s1. The van der Waals surface area contributed by atoms with Crippen molar-refractivity contribution in [2.45, 2.75) is 29.9 Å². The number of nitrogens with zero attached hydrogens (tertiary/aromatic N) is 2. The number of rotatable bonds is 4. The molecule has 2 heterocycles. The van der Waals surface area contributed by atoms with Crippen molar-refractivity contribution in [1.82, 2.24) is 10.2 Å². The molecule has 1 aliphatic heterocycles. The van der Waals surface area contributed by atoms with E-state index in [4.69, 9.17) is 16.0 Å². The van der Waals surface area contributed by atoms with E-state index in [0.29, 0.717) is 11.3 Å². The molecule has 1 aromatic heterocycles. The van der Waals surface area contributed by atoms with Gasteiger partial charge in [0.05, 0.1) is 6.54 Å². The van der Waals surface area contributed by atoms with Gasteiger partial charge in [-0.2, -0.15) is 0 Å². The Morgan fingerprint density at radius 2 is 2.26 bits per heavy atom. The lowest BCUT2D eigenvalue weighted by molar-refractivity contribution is -0.678. The molecule has 3 rings (SSSR count). The monoisotopic (exact) mass is 296 g/mol. The van der Waals surface area contributed by atoms with E-state index >= 15 is 0 Å². The van der Waals surface area contributed by atoms with Crippen molar-refractivity contribution >= 4 is 23.4 Å². The van der Waals surface area contributed by atoms with Crippen LogP contribution in [0.2, 0.25) is 5.02 Å². The molecular formula is C13H15ClN3OS+. The minimum Gasteiger partial charge on any atom is -0.410 e. The summed E-state index contributed by atoms with van der Waals surface area (Å²) < 4.78 is 5.70. The van der Waals surface area contributed by atoms with Crippen LogP contribution >= 0.6 is 23.4 Å². The summed E-state index contributed by atoms with van der Waals surface area (Å²) in [6, 6.07) is 8.16. The largest absolute Gasteiger partial charge is 0.410 e. The van der Waals surface area contributed by atoms with Gasteiger partial charge in [0.15, 0.2) is 6.04 Å². The lowest BCUT2D eigenvalue weighted by atomic mass is 10.2. The van der Waals surface area contributed by atoms with E-state index in [2.05, 4.69) is 15.5 Å². The van der Waals surface area contributed by atoms with Crippen molar-refractivity contribution in [3.05, 3.63) is 40.7 Å². The molecule has 0 saturated carbocycles. The molecule has 0 aliphatic carbocycles. The first-order valence-electron chi connectivity index (χ1n) is 6.36. The van der Waals surface area contributed by atoms with Gasteiger partial charge < -0.3 is 9.73 Å². The third-order valence-electron chi connectivity index (χ3n) is 3.22. The van der Waals surface area contributed by atoms with Crippen LogP contribution in [0, 0.1) is 0 Å². The van der Waals surface area contributed by atoms with Crippen LogP contribution in [0.25, 0.3) is 0 Å².